The first-order valence-corrected chi connectivity index (χ1v) is 7.46. The minimum absolute atomic E-state index is 0.138. The number of nitrogens with one attached hydrogen (secondary N) is 2. The number of nitrogens with zero attached hydrogens (tertiary/aromatic N) is 1. The fourth-order valence-corrected chi connectivity index (χ4v) is 2.64. The van der Waals surface area contributed by atoms with Gasteiger partial charge in [-0.25, -0.2) is 9.37 Å². The van der Waals surface area contributed by atoms with Crippen molar-refractivity contribution in [3.8, 4) is 0 Å². The highest BCUT2D eigenvalue weighted by atomic mass is 35.5. The first kappa shape index (κ1) is 15.5. The summed E-state index contributed by atoms with van der Waals surface area (Å²) in [6.45, 7) is 2.76. The maximum Gasteiger partial charge on any atom is 0.269 e. The number of nitrogens with two attached hydrogens (primary N) is 1. The molecular formula is C13H14ClFN4OS. The first-order chi connectivity index (χ1) is 9.99. The lowest BCUT2D eigenvalue weighted by Gasteiger charge is -2.04. The van der Waals surface area contributed by atoms with Crippen LogP contribution in [0.15, 0.2) is 18.2 Å². The zero-order valence-corrected chi connectivity index (χ0v) is 12.8. The van der Waals surface area contributed by atoms with Crippen LogP contribution in [0.5, 0.6) is 0 Å². The Hall–Kier alpha value is -1.86. The summed E-state index contributed by atoms with van der Waals surface area (Å²) in [5.74, 6) is -0.838. The smallest absolute Gasteiger partial charge is 0.269 e. The van der Waals surface area contributed by atoms with Gasteiger partial charge in [0.2, 0.25) is 0 Å². The molecule has 0 bridgehead atoms. The Kier molecular flexibility index (Phi) is 4.98. The molecule has 0 unspecified atom stereocenters. The fourth-order valence-electron chi connectivity index (χ4n) is 1.62. The highest BCUT2D eigenvalue weighted by Gasteiger charge is 2.16. The van der Waals surface area contributed by atoms with Gasteiger partial charge in [0.05, 0.1) is 0 Å². The van der Waals surface area contributed by atoms with Crippen LogP contribution >= 0.6 is 22.9 Å². The summed E-state index contributed by atoms with van der Waals surface area (Å²) in [5, 5.41) is 6.39. The molecule has 0 spiro atoms. The van der Waals surface area contributed by atoms with Crippen molar-refractivity contribution in [3.63, 3.8) is 0 Å². The second-order valence-electron chi connectivity index (χ2n) is 4.27. The van der Waals surface area contributed by atoms with Crippen LogP contribution in [-0.4, -0.2) is 17.4 Å². The molecule has 2 aromatic rings. The van der Waals surface area contributed by atoms with E-state index in [2.05, 4.69) is 15.6 Å². The van der Waals surface area contributed by atoms with E-state index in [1.165, 1.54) is 12.1 Å². The third kappa shape index (κ3) is 4.05. The standard InChI is InChI=1S/C13H14ClFN4OS/c1-2-3-17-13-19-11(16)10(21-13)12(20)18-9-5-7(14)4-8(15)6-9/h4-6H,2-3,16H2,1H3,(H,17,19)(H,18,20). The second kappa shape index (κ2) is 6.73. The Morgan fingerprint density at radius 1 is 1.48 bits per heavy atom. The topological polar surface area (TPSA) is 80.0 Å². The van der Waals surface area contributed by atoms with Gasteiger partial charge in [0.25, 0.3) is 5.91 Å². The van der Waals surface area contributed by atoms with E-state index in [0.717, 1.165) is 30.4 Å². The zero-order chi connectivity index (χ0) is 15.4. The molecule has 0 saturated carbocycles. The number of hydrogen-bond donors (Lipinski definition) is 3. The fraction of sp³-hybridized carbons (Fsp3) is 0.231. The van der Waals surface area contributed by atoms with E-state index in [1.54, 1.807) is 0 Å². The molecule has 0 radical (unpaired) electrons. The number of carbonyl (C=O) groups is 1. The second-order valence-corrected chi connectivity index (χ2v) is 5.71. The lowest BCUT2D eigenvalue weighted by atomic mass is 10.3. The van der Waals surface area contributed by atoms with Gasteiger partial charge in [-0.1, -0.05) is 29.9 Å². The summed E-state index contributed by atoms with van der Waals surface area (Å²) < 4.78 is 13.2. The lowest BCUT2D eigenvalue weighted by Crippen LogP contribution is -2.12. The quantitative estimate of drug-likeness (QED) is 0.783. The molecule has 21 heavy (non-hydrogen) atoms. The number of amides is 1. The number of nitrogen functional groups attached to an aromatic ring is 1. The summed E-state index contributed by atoms with van der Waals surface area (Å²) in [7, 11) is 0. The third-order valence-corrected chi connectivity index (χ3v) is 3.75. The molecule has 0 atom stereocenters. The maximum atomic E-state index is 13.2. The largest absolute Gasteiger partial charge is 0.382 e. The molecule has 1 aromatic carbocycles. The lowest BCUT2D eigenvalue weighted by molar-refractivity contribution is 0.103. The van der Waals surface area contributed by atoms with E-state index in [9.17, 15) is 9.18 Å². The molecule has 0 aliphatic heterocycles. The normalized spacial score (nSPS) is 10.4. The van der Waals surface area contributed by atoms with Crippen LogP contribution in [0.3, 0.4) is 0 Å². The number of rotatable bonds is 5. The SMILES string of the molecule is CCCNc1nc(N)c(C(=O)Nc2cc(F)cc(Cl)c2)s1. The molecule has 5 nitrogen and oxygen atoms in total. The summed E-state index contributed by atoms with van der Waals surface area (Å²) >= 11 is 6.89. The van der Waals surface area contributed by atoms with Gasteiger partial charge in [0, 0.05) is 17.3 Å². The number of aromatic nitrogens is 1. The van der Waals surface area contributed by atoms with Crippen LogP contribution in [0.1, 0.15) is 23.0 Å². The number of thiazole rings is 1. The van der Waals surface area contributed by atoms with E-state index in [0.29, 0.717) is 5.13 Å². The van der Waals surface area contributed by atoms with Crippen LogP contribution < -0.4 is 16.4 Å². The van der Waals surface area contributed by atoms with Gasteiger partial charge in [-0.3, -0.25) is 4.79 Å². The third-order valence-electron chi connectivity index (χ3n) is 2.51. The first-order valence-electron chi connectivity index (χ1n) is 6.27. The Balaban J connectivity index is 2.14. The molecule has 0 aliphatic rings. The minimum Gasteiger partial charge on any atom is -0.382 e. The average Bonchev–Trinajstić information content (AvgIpc) is 2.76. The van der Waals surface area contributed by atoms with Gasteiger partial charge >= 0.3 is 0 Å². The van der Waals surface area contributed by atoms with E-state index < -0.39 is 11.7 Å². The van der Waals surface area contributed by atoms with E-state index in [4.69, 9.17) is 17.3 Å². The predicted octanol–water partition coefficient (Wildman–Crippen LogP) is 3.59. The number of benzene rings is 1. The Morgan fingerprint density at radius 3 is 2.90 bits per heavy atom. The van der Waals surface area contributed by atoms with Crippen molar-refractivity contribution in [2.45, 2.75) is 13.3 Å². The summed E-state index contributed by atoms with van der Waals surface area (Å²) in [4.78, 5) is 16.5. The van der Waals surface area contributed by atoms with Gasteiger partial charge in [0.1, 0.15) is 16.5 Å². The van der Waals surface area contributed by atoms with Crippen molar-refractivity contribution in [1.82, 2.24) is 4.98 Å². The van der Waals surface area contributed by atoms with Crippen LogP contribution in [0.4, 0.5) is 21.0 Å². The molecule has 0 aliphatic carbocycles. The molecule has 8 heteroatoms. The maximum absolute atomic E-state index is 13.2. The van der Waals surface area contributed by atoms with Crippen molar-refractivity contribution in [2.24, 2.45) is 0 Å². The average molecular weight is 329 g/mol. The minimum atomic E-state index is -0.527. The Morgan fingerprint density at radius 2 is 2.24 bits per heavy atom. The van der Waals surface area contributed by atoms with E-state index in [-0.39, 0.29) is 21.4 Å². The summed E-state index contributed by atoms with van der Waals surface area (Å²) in [6, 6.07) is 3.79. The Bertz CT molecular complexity index is 641. The zero-order valence-electron chi connectivity index (χ0n) is 11.2. The van der Waals surface area contributed by atoms with Crippen LogP contribution in [0, 0.1) is 5.82 Å². The van der Waals surface area contributed by atoms with Crippen molar-refractivity contribution in [3.05, 3.63) is 33.9 Å². The molecule has 112 valence electrons. The highest BCUT2D eigenvalue weighted by molar-refractivity contribution is 7.18. The van der Waals surface area contributed by atoms with Crippen LogP contribution in [0.2, 0.25) is 5.02 Å². The van der Waals surface area contributed by atoms with Gasteiger partial charge in [0.15, 0.2) is 5.13 Å². The van der Waals surface area contributed by atoms with Crippen molar-refractivity contribution in [2.75, 3.05) is 22.9 Å². The van der Waals surface area contributed by atoms with E-state index in [1.807, 2.05) is 6.92 Å². The van der Waals surface area contributed by atoms with Gasteiger partial charge < -0.3 is 16.4 Å². The van der Waals surface area contributed by atoms with Crippen LogP contribution in [-0.2, 0) is 0 Å². The van der Waals surface area contributed by atoms with Crippen molar-refractivity contribution in [1.29, 1.82) is 0 Å². The van der Waals surface area contributed by atoms with E-state index >= 15 is 0 Å². The van der Waals surface area contributed by atoms with Crippen molar-refractivity contribution < 1.29 is 9.18 Å². The monoisotopic (exact) mass is 328 g/mol. The van der Waals surface area contributed by atoms with Crippen LogP contribution in [0.25, 0.3) is 0 Å². The van der Waals surface area contributed by atoms with Gasteiger partial charge in [-0.15, -0.1) is 0 Å². The number of hydrogen-bond acceptors (Lipinski definition) is 5. The molecule has 1 amide bonds. The molecule has 0 saturated heterocycles. The van der Waals surface area contributed by atoms with Gasteiger partial charge in [-0.05, 0) is 24.6 Å². The van der Waals surface area contributed by atoms with Gasteiger partial charge in [-0.2, -0.15) is 0 Å². The summed E-state index contributed by atoms with van der Waals surface area (Å²) in [5.41, 5.74) is 5.99. The molecular weight excluding hydrogens is 315 g/mol. The molecule has 0 fully saturated rings. The molecule has 4 N–H and O–H groups in total. The van der Waals surface area contributed by atoms with Crippen molar-refractivity contribution >= 4 is 45.5 Å². The number of carbonyl (C=O) groups excluding carboxylic acids is 1. The predicted molar refractivity (Wildman–Crippen MR) is 84.7 cm³/mol. The highest BCUT2D eigenvalue weighted by Crippen LogP contribution is 2.26. The molecule has 1 heterocycles. The molecule has 2 rings (SSSR count). The number of halogens is 2. The Labute approximate surface area is 130 Å². The number of anilines is 3. The molecule has 1 aromatic heterocycles. The summed E-state index contributed by atoms with van der Waals surface area (Å²) in [6.07, 6.45) is 0.933.